The van der Waals surface area contributed by atoms with Gasteiger partial charge in [-0.25, -0.2) is 0 Å². The lowest BCUT2D eigenvalue weighted by Gasteiger charge is -2.15. The maximum absolute atomic E-state index is 3.51. The third kappa shape index (κ3) is 0.908. The highest BCUT2D eigenvalue weighted by atomic mass is 79.9. The molecule has 1 nitrogen and oxygen atoms in total. The van der Waals surface area contributed by atoms with Crippen molar-refractivity contribution < 1.29 is 0 Å². The van der Waals surface area contributed by atoms with Crippen molar-refractivity contribution in [1.29, 1.82) is 0 Å². The lowest BCUT2D eigenvalue weighted by atomic mass is 10.1. The zero-order valence-corrected chi connectivity index (χ0v) is 7.39. The lowest BCUT2D eigenvalue weighted by molar-refractivity contribution is 0.526. The van der Waals surface area contributed by atoms with Crippen molar-refractivity contribution in [2.45, 2.75) is 25.8 Å². The van der Waals surface area contributed by atoms with E-state index in [0.29, 0.717) is 0 Å². The molecule has 0 saturated carbocycles. The van der Waals surface area contributed by atoms with Crippen molar-refractivity contribution in [2.24, 2.45) is 0 Å². The summed E-state index contributed by atoms with van der Waals surface area (Å²) in [5.74, 6) is 0. The van der Waals surface area contributed by atoms with Crippen LogP contribution in [0.2, 0.25) is 0 Å². The Labute approximate surface area is 69.2 Å². The third-order valence-electron chi connectivity index (χ3n) is 2.08. The van der Waals surface area contributed by atoms with Crippen LogP contribution in [-0.4, -0.2) is 4.57 Å². The van der Waals surface area contributed by atoms with Crippen LogP contribution in [0.25, 0.3) is 0 Å². The van der Waals surface area contributed by atoms with Gasteiger partial charge in [-0.15, -0.1) is 0 Å². The minimum Gasteiger partial charge on any atom is -0.339 e. The van der Waals surface area contributed by atoms with E-state index < -0.39 is 0 Å². The fourth-order valence-electron chi connectivity index (χ4n) is 1.53. The van der Waals surface area contributed by atoms with Gasteiger partial charge in [-0.3, -0.25) is 0 Å². The van der Waals surface area contributed by atoms with Crippen LogP contribution in [0.4, 0.5) is 0 Å². The first-order chi connectivity index (χ1) is 4.88. The summed E-state index contributed by atoms with van der Waals surface area (Å²) in [7, 11) is 0. The van der Waals surface area contributed by atoms with Crippen molar-refractivity contribution in [2.75, 3.05) is 0 Å². The smallest absolute Gasteiger partial charge is 0.0848 e. The maximum Gasteiger partial charge on any atom is 0.0848 e. The van der Waals surface area contributed by atoms with Crippen LogP contribution >= 0.6 is 15.9 Å². The average molecular weight is 200 g/mol. The van der Waals surface area contributed by atoms with Gasteiger partial charge in [-0.1, -0.05) is 0 Å². The molecular weight excluding hydrogens is 190 g/mol. The van der Waals surface area contributed by atoms with E-state index in [2.05, 4.69) is 32.6 Å². The van der Waals surface area contributed by atoms with Crippen molar-refractivity contribution in [1.82, 2.24) is 4.57 Å². The van der Waals surface area contributed by atoms with E-state index in [1.54, 1.807) is 0 Å². The van der Waals surface area contributed by atoms with E-state index >= 15 is 0 Å². The Bertz CT molecular complexity index is 239. The van der Waals surface area contributed by atoms with Gasteiger partial charge in [0.05, 0.1) is 4.60 Å². The maximum atomic E-state index is 3.51. The second kappa shape index (κ2) is 2.42. The monoisotopic (exact) mass is 199 g/mol. The highest BCUT2D eigenvalue weighted by Gasteiger charge is 2.09. The van der Waals surface area contributed by atoms with E-state index in [4.69, 9.17) is 0 Å². The predicted molar refractivity (Wildman–Crippen MR) is 45.1 cm³/mol. The minimum absolute atomic E-state index is 1.20. The first-order valence-corrected chi connectivity index (χ1v) is 4.51. The number of fused-ring (bicyclic) bond motifs is 1. The van der Waals surface area contributed by atoms with E-state index in [-0.39, 0.29) is 0 Å². The summed E-state index contributed by atoms with van der Waals surface area (Å²) < 4.78 is 3.59. The SMILES string of the molecule is Brc1ccc2n1CCCC2. The molecule has 0 fully saturated rings. The van der Waals surface area contributed by atoms with Gasteiger partial charge >= 0.3 is 0 Å². The Morgan fingerprint density at radius 1 is 1.30 bits per heavy atom. The summed E-state index contributed by atoms with van der Waals surface area (Å²) >= 11 is 3.51. The molecule has 2 heteroatoms. The van der Waals surface area contributed by atoms with Crippen molar-refractivity contribution in [3.8, 4) is 0 Å². The number of halogens is 1. The third-order valence-corrected chi connectivity index (χ3v) is 2.77. The van der Waals surface area contributed by atoms with Crippen molar-refractivity contribution >= 4 is 15.9 Å². The summed E-state index contributed by atoms with van der Waals surface area (Å²) in [6, 6.07) is 4.35. The zero-order chi connectivity index (χ0) is 6.97. The standard InChI is InChI=1S/C8H10BrN/c9-8-5-4-7-3-1-2-6-10(7)8/h4-5H,1-3,6H2. The number of aryl methyl sites for hydroxylation is 1. The number of hydrogen-bond acceptors (Lipinski definition) is 0. The highest BCUT2D eigenvalue weighted by molar-refractivity contribution is 9.10. The molecule has 0 spiro atoms. The molecule has 0 atom stereocenters. The van der Waals surface area contributed by atoms with Gasteiger partial charge < -0.3 is 4.57 Å². The van der Waals surface area contributed by atoms with Gasteiger partial charge in [0.15, 0.2) is 0 Å². The molecule has 0 unspecified atom stereocenters. The van der Waals surface area contributed by atoms with Crippen LogP contribution in [0, 0.1) is 0 Å². The Hall–Kier alpha value is -0.240. The predicted octanol–water partition coefficient (Wildman–Crippen LogP) is 2.59. The van der Waals surface area contributed by atoms with Gasteiger partial charge in [0.1, 0.15) is 0 Å². The summed E-state index contributed by atoms with van der Waals surface area (Å²) in [6.07, 6.45) is 3.95. The first-order valence-electron chi connectivity index (χ1n) is 3.72. The number of rotatable bonds is 0. The Kier molecular flexibility index (Phi) is 1.57. The van der Waals surface area contributed by atoms with Gasteiger partial charge in [0, 0.05) is 12.2 Å². The fraction of sp³-hybridized carbons (Fsp3) is 0.500. The van der Waals surface area contributed by atoms with E-state index in [1.165, 1.54) is 36.1 Å². The molecule has 0 bridgehead atoms. The normalized spacial score (nSPS) is 16.9. The molecule has 0 aliphatic carbocycles. The minimum atomic E-state index is 1.20. The van der Waals surface area contributed by atoms with Crippen LogP contribution < -0.4 is 0 Å². The average Bonchev–Trinajstić information content (AvgIpc) is 2.34. The largest absolute Gasteiger partial charge is 0.339 e. The summed E-state index contributed by atoms with van der Waals surface area (Å²) in [5.41, 5.74) is 1.48. The molecule has 1 aliphatic rings. The molecule has 0 saturated heterocycles. The Balaban J connectivity index is 2.45. The van der Waals surface area contributed by atoms with Gasteiger partial charge in [0.2, 0.25) is 0 Å². The number of aromatic nitrogens is 1. The molecule has 0 aromatic carbocycles. The molecule has 1 aromatic rings. The fourth-order valence-corrected chi connectivity index (χ4v) is 2.06. The molecule has 54 valence electrons. The van der Waals surface area contributed by atoms with E-state index in [9.17, 15) is 0 Å². The van der Waals surface area contributed by atoms with Crippen LogP contribution in [0.15, 0.2) is 16.7 Å². The van der Waals surface area contributed by atoms with E-state index in [0.717, 1.165) is 0 Å². The van der Waals surface area contributed by atoms with Gasteiger partial charge in [0.25, 0.3) is 0 Å². The Morgan fingerprint density at radius 3 is 3.00 bits per heavy atom. The van der Waals surface area contributed by atoms with Gasteiger partial charge in [-0.2, -0.15) is 0 Å². The highest BCUT2D eigenvalue weighted by Crippen LogP contribution is 2.21. The number of hydrogen-bond donors (Lipinski definition) is 0. The molecule has 1 aromatic heterocycles. The second-order valence-electron chi connectivity index (χ2n) is 2.76. The van der Waals surface area contributed by atoms with Crippen molar-refractivity contribution in [3.63, 3.8) is 0 Å². The number of nitrogens with zero attached hydrogens (tertiary/aromatic N) is 1. The van der Waals surface area contributed by atoms with Crippen molar-refractivity contribution in [3.05, 3.63) is 22.4 Å². The molecular formula is C8H10BrN. The van der Waals surface area contributed by atoms with Crippen LogP contribution in [-0.2, 0) is 13.0 Å². The molecule has 0 amide bonds. The zero-order valence-electron chi connectivity index (χ0n) is 5.81. The second-order valence-corrected chi connectivity index (χ2v) is 3.57. The summed E-state index contributed by atoms with van der Waals surface area (Å²) in [5, 5.41) is 0. The molecule has 2 rings (SSSR count). The van der Waals surface area contributed by atoms with Gasteiger partial charge in [-0.05, 0) is 47.3 Å². The van der Waals surface area contributed by atoms with Crippen LogP contribution in [0.3, 0.4) is 0 Å². The van der Waals surface area contributed by atoms with Crippen LogP contribution in [0.5, 0.6) is 0 Å². The summed E-state index contributed by atoms with van der Waals surface area (Å²) in [4.78, 5) is 0. The molecule has 1 aliphatic heterocycles. The molecule has 10 heavy (non-hydrogen) atoms. The lowest BCUT2D eigenvalue weighted by Crippen LogP contribution is -2.09. The molecule has 2 heterocycles. The summed E-state index contributed by atoms with van der Waals surface area (Å²) in [6.45, 7) is 1.20. The van der Waals surface area contributed by atoms with Crippen LogP contribution in [0.1, 0.15) is 18.5 Å². The van der Waals surface area contributed by atoms with E-state index in [1.807, 2.05) is 0 Å². The quantitative estimate of drug-likeness (QED) is 0.606. The topological polar surface area (TPSA) is 4.93 Å². The Morgan fingerprint density at radius 2 is 2.20 bits per heavy atom. The molecule has 0 radical (unpaired) electrons. The molecule has 0 N–H and O–H groups in total. The first kappa shape index (κ1) is 6.47.